The van der Waals surface area contributed by atoms with Crippen LogP contribution >= 0.6 is 0 Å². The van der Waals surface area contributed by atoms with Gasteiger partial charge in [0.25, 0.3) is 5.69 Å². The second kappa shape index (κ2) is 19.8. The number of aromatic nitrogens is 2. The van der Waals surface area contributed by atoms with Crippen LogP contribution in [0, 0.1) is 16.0 Å². The fraction of sp³-hybridized carbons (Fsp3) is 0.487. The molecule has 0 spiro atoms. The van der Waals surface area contributed by atoms with Gasteiger partial charge in [-0.15, -0.1) is 0 Å². The maximum atomic E-state index is 14.8. The van der Waals surface area contributed by atoms with Crippen molar-refractivity contribution < 1.29 is 48.2 Å². The molecule has 1 heterocycles. The third-order valence-electron chi connectivity index (χ3n) is 9.36. The number of amides is 4. The second-order valence-corrected chi connectivity index (χ2v) is 14.6. The minimum atomic E-state index is -2.15. The van der Waals surface area contributed by atoms with Crippen LogP contribution in [0.25, 0.3) is 0 Å². The molecule has 0 aliphatic heterocycles. The third kappa shape index (κ3) is 11.3. The number of aliphatic hydroxyl groups excluding tert-OH is 1. The van der Waals surface area contributed by atoms with Crippen LogP contribution < -0.4 is 21.1 Å². The van der Waals surface area contributed by atoms with Crippen LogP contribution in [0.1, 0.15) is 71.2 Å². The average molecular weight is 796 g/mol. The Kier molecular flexibility index (Phi) is 15.8. The summed E-state index contributed by atoms with van der Waals surface area (Å²) in [5.74, 6) is -3.96. The number of ether oxygens (including phenoxy) is 3. The van der Waals surface area contributed by atoms with Crippen molar-refractivity contribution in [2.45, 2.75) is 103 Å². The van der Waals surface area contributed by atoms with Crippen LogP contribution in [0.4, 0.5) is 10.5 Å². The number of imide groups is 1. The molecular weight excluding hydrogens is 742 g/mol. The van der Waals surface area contributed by atoms with E-state index >= 15 is 0 Å². The largest absolute Gasteiger partial charge is 0.497 e. The standard InChI is InChI=1S/C39H53N7O11/c1-9-23(2)39(36(51)56-8,26-14-16-28(55-7)17-15-26)45(37(52)57-38(4,5)6)33(48)20-32(47)29(18-25-12-10-11-13-31(25)46(53)54)43-35(50)30(44-34(49)24(3)40)19-27-21-41-22-42-27/h10-17,21-24,29-30,32,47H,9,18-20,40H2,1-8H3,(H,41,42)(H,43,50)(H,44,49)/t23?,24?,29-,30-,32?,39+/m0/s1. The number of methoxy groups -OCH3 is 2. The molecule has 6 N–H and O–H groups in total. The fourth-order valence-electron chi connectivity index (χ4n) is 6.30. The first-order valence-corrected chi connectivity index (χ1v) is 18.3. The molecule has 0 aliphatic carbocycles. The van der Waals surface area contributed by atoms with Gasteiger partial charge in [0.1, 0.15) is 17.4 Å². The number of carbonyl (C=O) groups is 5. The van der Waals surface area contributed by atoms with Crippen molar-refractivity contribution in [1.29, 1.82) is 0 Å². The topological polar surface area (TPSA) is 258 Å². The summed E-state index contributed by atoms with van der Waals surface area (Å²) in [6.45, 7) is 9.53. The van der Waals surface area contributed by atoms with Crippen LogP contribution in [-0.2, 0) is 47.0 Å². The fourth-order valence-corrected chi connectivity index (χ4v) is 6.30. The summed E-state index contributed by atoms with van der Waals surface area (Å²) in [7, 11) is 2.55. The Hall–Kier alpha value is -5.88. The van der Waals surface area contributed by atoms with Gasteiger partial charge in [0.05, 0.1) is 50.1 Å². The Balaban J connectivity index is 2.20. The third-order valence-corrected chi connectivity index (χ3v) is 9.36. The molecule has 0 bridgehead atoms. The summed E-state index contributed by atoms with van der Waals surface area (Å²) in [6, 6.07) is 8.01. The lowest BCUT2D eigenvalue weighted by atomic mass is 9.75. The first-order chi connectivity index (χ1) is 26.8. The second-order valence-electron chi connectivity index (χ2n) is 14.6. The summed E-state index contributed by atoms with van der Waals surface area (Å²) >= 11 is 0. The van der Waals surface area contributed by atoms with E-state index < -0.39 is 82.4 Å². The van der Waals surface area contributed by atoms with E-state index in [0.29, 0.717) is 16.3 Å². The number of imidazole rings is 1. The van der Waals surface area contributed by atoms with Crippen molar-refractivity contribution in [3.05, 3.63) is 88.0 Å². The van der Waals surface area contributed by atoms with Crippen molar-refractivity contribution in [2.75, 3.05) is 14.2 Å². The van der Waals surface area contributed by atoms with Crippen molar-refractivity contribution in [3.8, 4) is 5.75 Å². The van der Waals surface area contributed by atoms with E-state index in [-0.39, 0.29) is 36.1 Å². The highest BCUT2D eigenvalue weighted by Gasteiger charge is 2.56. The number of benzene rings is 2. The molecule has 0 radical (unpaired) electrons. The SMILES string of the molecule is CCC(C)[C@](C(=O)OC)(c1ccc(OC)cc1)N(C(=O)CC(O)[C@H](Cc1ccccc1[N+](=O)[O-])NC(=O)[C@H](Cc1cnc[nH]1)NC(=O)C(C)N)C(=O)OC(C)(C)C. The van der Waals surface area contributed by atoms with E-state index in [4.69, 9.17) is 19.9 Å². The molecule has 6 atom stereocenters. The number of hydrogen-bond acceptors (Lipinski definition) is 13. The summed E-state index contributed by atoms with van der Waals surface area (Å²) in [6.07, 6.45) is -1.40. The number of aliphatic hydroxyl groups is 1. The van der Waals surface area contributed by atoms with Gasteiger partial charge in [-0.1, -0.05) is 50.6 Å². The summed E-state index contributed by atoms with van der Waals surface area (Å²) in [5.41, 5.74) is 2.86. The van der Waals surface area contributed by atoms with Gasteiger partial charge in [-0.2, -0.15) is 0 Å². The predicted octanol–water partition coefficient (Wildman–Crippen LogP) is 3.06. The van der Waals surface area contributed by atoms with Gasteiger partial charge in [0, 0.05) is 36.4 Å². The highest BCUT2D eigenvalue weighted by Crippen LogP contribution is 2.42. The lowest BCUT2D eigenvalue weighted by Gasteiger charge is -2.44. The molecule has 1 aromatic heterocycles. The Morgan fingerprint density at radius 3 is 2.18 bits per heavy atom. The smallest absolute Gasteiger partial charge is 0.418 e. The van der Waals surface area contributed by atoms with E-state index in [1.807, 2.05) is 0 Å². The number of rotatable bonds is 18. The van der Waals surface area contributed by atoms with Gasteiger partial charge in [0.2, 0.25) is 17.7 Å². The molecule has 18 nitrogen and oxygen atoms in total. The Bertz CT molecular complexity index is 1860. The number of para-hydroxylation sites is 1. The molecule has 57 heavy (non-hydrogen) atoms. The maximum absolute atomic E-state index is 14.8. The van der Waals surface area contributed by atoms with Gasteiger partial charge >= 0.3 is 12.1 Å². The minimum Gasteiger partial charge on any atom is -0.497 e. The van der Waals surface area contributed by atoms with Gasteiger partial charge in [0.15, 0.2) is 5.54 Å². The normalized spacial score (nSPS) is 15.1. The number of aromatic amines is 1. The lowest BCUT2D eigenvalue weighted by Crippen LogP contribution is -2.62. The molecule has 0 fully saturated rings. The molecule has 310 valence electrons. The number of hydrogen-bond donors (Lipinski definition) is 5. The minimum absolute atomic E-state index is 0.0924. The molecule has 0 saturated carbocycles. The first kappa shape index (κ1) is 45.5. The lowest BCUT2D eigenvalue weighted by molar-refractivity contribution is -0.385. The van der Waals surface area contributed by atoms with Crippen LogP contribution in [-0.4, -0.2) is 98.7 Å². The van der Waals surface area contributed by atoms with Crippen molar-refractivity contribution in [3.63, 3.8) is 0 Å². The first-order valence-electron chi connectivity index (χ1n) is 18.3. The number of H-pyrrole nitrogens is 1. The van der Waals surface area contributed by atoms with Gasteiger partial charge in [-0.3, -0.25) is 24.5 Å². The van der Waals surface area contributed by atoms with Crippen molar-refractivity contribution in [1.82, 2.24) is 25.5 Å². The molecule has 3 unspecified atom stereocenters. The Labute approximate surface area is 331 Å². The van der Waals surface area contributed by atoms with E-state index in [9.17, 15) is 39.2 Å². The molecule has 0 saturated heterocycles. The van der Waals surface area contributed by atoms with Crippen molar-refractivity contribution in [2.24, 2.45) is 11.7 Å². The van der Waals surface area contributed by atoms with Crippen LogP contribution in [0.2, 0.25) is 0 Å². The number of nitro benzene ring substituents is 1. The molecule has 4 amide bonds. The van der Waals surface area contributed by atoms with Crippen LogP contribution in [0.5, 0.6) is 5.75 Å². The number of nitrogens with zero attached hydrogens (tertiary/aromatic N) is 3. The molecular formula is C39H53N7O11. The summed E-state index contributed by atoms with van der Waals surface area (Å²) in [4.78, 5) is 88.7. The zero-order chi connectivity index (χ0) is 42.7. The van der Waals surface area contributed by atoms with E-state index in [0.717, 1.165) is 7.11 Å². The maximum Gasteiger partial charge on any atom is 0.418 e. The van der Waals surface area contributed by atoms with E-state index in [1.165, 1.54) is 63.0 Å². The van der Waals surface area contributed by atoms with Crippen LogP contribution in [0.15, 0.2) is 61.1 Å². The molecule has 0 aliphatic rings. The Morgan fingerprint density at radius 2 is 1.65 bits per heavy atom. The average Bonchev–Trinajstić information content (AvgIpc) is 3.68. The molecule has 18 heteroatoms. The molecule has 3 aromatic rings. The number of carbonyl (C=O) groups excluding carboxylic acids is 5. The number of nitro groups is 1. The summed E-state index contributed by atoms with van der Waals surface area (Å²) in [5, 5.41) is 29.2. The molecule has 3 rings (SSSR count). The van der Waals surface area contributed by atoms with Gasteiger partial charge < -0.3 is 40.7 Å². The quantitative estimate of drug-likeness (QED) is 0.0706. The van der Waals surface area contributed by atoms with E-state index in [2.05, 4.69) is 20.6 Å². The monoisotopic (exact) mass is 795 g/mol. The number of nitrogens with two attached hydrogens (primary N) is 1. The van der Waals surface area contributed by atoms with Crippen LogP contribution in [0.3, 0.4) is 0 Å². The summed E-state index contributed by atoms with van der Waals surface area (Å²) < 4.78 is 16.3. The highest BCUT2D eigenvalue weighted by atomic mass is 16.6. The Morgan fingerprint density at radius 1 is 1.00 bits per heavy atom. The number of esters is 1. The van der Waals surface area contributed by atoms with E-state index in [1.54, 1.807) is 46.8 Å². The molecule has 2 aromatic carbocycles. The van der Waals surface area contributed by atoms with Gasteiger partial charge in [-0.05, 0) is 51.3 Å². The predicted molar refractivity (Wildman–Crippen MR) is 206 cm³/mol. The zero-order valence-electron chi connectivity index (χ0n) is 33.4. The number of nitrogens with one attached hydrogen (secondary N) is 3. The van der Waals surface area contributed by atoms with Gasteiger partial charge in [-0.25, -0.2) is 19.5 Å². The zero-order valence-corrected chi connectivity index (χ0v) is 33.4. The highest BCUT2D eigenvalue weighted by molar-refractivity contribution is 6.00. The van der Waals surface area contributed by atoms with Crippen molar-refractivity contribution >= 4 is 35.5 Å².